The summed E-state index contributed by atoms with van der Waals surface area (Å²) in [7, 11) is 0. The Bertz CT molecular complexity index is 998. The molecule has 0 radical (unpaired) electrons. The van der Waals surface area contributed by atoms with E-state index in [-0.39, 0.29) is 0 Å². The maximum atomic E-state index is 6.23. The quantitative estimate of drug-likeness (QED) is 0.549. The first-order chi connectivity index (χ1) is 11.2. The third-order valence-corrected chi connectivity index (χ3v) is 3.93. The zero-order valence-corrected chi connectivity index (χ0v) is 13.2. The largest absolute Gasteiger partial charge is 0.272 e. The molecule has 7 heteroatoms. The molecule has 0 saturated heterocycles. The number of aromatic nitrogens is 5. The molecular formula is C16H9Cl2N5. The molecule has 0 aliphatic carbocycles. The van der Waals surface area contributed by atoms with Crippen LogP contribution in [0.5, 0.6) is 0 Å². The van der Waals surface area contributed by atoms with E-state index in [1.54, 1.807) is 28.9 Å². The fourth-order valence-corrected chi connectivity index (χ4v) is 2.78. The fraction of sp³-hybridized carbons (Fsp3) is 0. The first-order valence-corrected chi connectivity index (χ1v) is 7.57. The van der Waals surface area contributed by atoms with Crippen molar-refractivity contribution < 1.29 is 0 Å². The molecule has 4 aromatic rings. The number of hydrogen-bond donors (Lipinski definition) is 0. The van der Waals surface area contributed by atoms with Crippen molar-refractivity contribution in [3.8, 4) is 22.6 Å². The predicted octanol–water partition coefficient (Wildman–Crippen LogP) is 4.16. The summed E-state index contributed by atoms with van der Waals surface area (Å²) in [4.78, 5) is 4.50. The average molecular weight is 342 g/mol. The van der Waals surface area contributed by atoms with Crippen LogP contribution in [-0.4, -0.2) is 24.8 Å². The van der Waals surface area contributed by atoms with Gasteiger partial charge >= 0.3 is 0 Å². The Morgan fingerprint density at radius 1 is 0.913 bits per heavy atom. The maximum Gasteiger partial charge on any atom is 0.272 e. The number of nitrogens with zero attached hydrogens (tertiary/aromatic N) is 5. The molecule has 23 heavy (non-hydrogen) atoms. The molecule has 0 aliphatic heterocycles. The van der Waals surface area contributed by atoms with Crippen molar-refractivity contribution in [2.45, 2.75) is 0 Å². The fourth-order valence-electron chi connectivity index (χ4n) is 2.28. The second-order valence-electron chi connectivity index (χ2n) is 4.87. The van der Waals surface area contributed by atoms with Crippen molar-refractivity contribution in [2.24, 2.45) is 0 Å². The molecule has 0 aliphatic rings. The van der Waals surface area contributed by atoms with Crippen molar-refractivity contribution in [1.82, 2.24) is 24.8 Å². The van der Waals surface area contributed by atoms with E-state index in [0.717, 1.165) is 11.3 Å². The van der Waals surface area contributed by atoms with Crippen LogP contribution >= 0.6 is 23.2 Å². The molecule has 2 aromatic carbocycles. The van der Waals surface area contributed by atoms with E-state index in [1.165, 1.54) is 0 Å². The van der Waals surface area contributed by atoms with Crippen molar-refractivity contribution in [2.75, 3.05) is 0 Å². The lowest BCUT2D eigenvalue weighted by atomic mass is 10.2. The summed E-state index contributed by atoms with van der Waals surface area (Å²) < 4.78 is 1.56. The Hall–Kier alpha value is -2.50. The van der Waals surface area contributed by atoms with Gasteiger partial charge < -0.3 is 0 Å². The summed E-state index contributed by atoms with van der Waals surface area (Å²) >= 11 is 12.2. The summed E-state index contributed by atoms with van der Waals surface area (Å²) in [6, 6.07) is 15.0. The lowest BCUT2D eigenvalue weighted by Crippen LogP contribution is -1.98. The van der Waals surface area contributed by atoms with Gasteiger partial charge in [-0.05, 0) is 18.2 Å². The van der Waals surface area contributed by atoms with Crippen molar-refractivity contribution >= 4 is 29.0 Å². The summed E-state index contributed by atoms with van der Waals surface area (Å²) in [6.45, 7) is 0. The second-order valence-corrected chi connectivity index (χ2v) is 5.71. The van der Waals surface area contributed by atoms with Crippen LogP contribution in [0, 0.1) is 0 Å². The molecule has 2 heterocycles. The van der Waals surface area contributed by atoms with E-state index in [2.05, 4.69) is 20.3 Å². The molecule has 0 amide bonds. The van der Waals surface area contributed by atoms with E-state index < -0.39 is 0 Å². The third kappa shape index (κ3) is 2.54. The van der Waals surface area contributed by atoms with Crippen LogP contribution in [0.4, 0.5) is 0 Å². The van der Waals surface area contributed by atoms with Gasteiger partial charge in [0.2, 0.25) is 0 Å². The highest BCUT2D eigenvalue weighted by Crippen LogP contribution is 2.29. The van der Waals surface area contributed by atoms with Crippen LogP contribution in [0.15, 0.2) is 54.7 Å². The van der Waals surface area contributed by atoms with Gasteiger partial charge in [0.05, 0.1) is 16.9 Å². The Balaban J connectivity index is 1.85. The average Bonchev–Trinajstić information content (AvgIpc) is 2.99. The van der Waals surface area contributed by atoms with Crippen LogP contribution in [-0.2, 0) is 0 Å². The van der Waals surface area contributed by atoms with Crippen LogP contribution in [0.3, 0.4) is 0 Å². The molecule has 5 nitrogen and oxygen atoms in total. The van der Waals surface area contributed by atoms with Gasteiger partial charge in [0, 0.05) is 16.1 Å². The van der Waals surface area contributed by atoms with Gasteiger partial charge in [-0.25, -0.2) is 4.98 Å². The van der Waals surface area contributed by atoms with Gasteiger partial charge in [0.1, 0.15) is 0 Å². The predicted molar refractivity (Wildman–Crippen MR) is 89.5 cm³/mol. The highest BCUT2D eigenvalue weighted by Gasteiger charge is 2.14. The molecule has 0 saturated carbocycles. The Labute approximate surface area is 141 Å². The van der Waals surface area contributed by atoms with Crippen LogP contribution in [0.25, 0.3) is 28.4 Å². The van der Waals surface area contributed by atoms with Gasteiger partial charge in [0.15, 0.2) is 5.82 Å². The Morgan fingerprint density at radius 2 is 1.74 bits per heavy atom. The number of hydrogen-bond acceptors (Lipinski definition) is 4. The Morgan fingerprint density at radius 3 is 2.52 bits per heavy atom. The van der Waals surface area contributed by atoms with Gasteiger partial charge in [-0.1, -0.05) is 53.5 Å². The van der Waals surface area contributed by atoms with E-state index in [9.17, 15) is 0 Å². The molecule has 0 fully saturated rings. The highest BCUT2D eigenvalue weighted by atomic mass is 35.5. The lowest BCUT2D eigenvalue weighted by Gasteiger charge is -2.03. The minimum absolute atomic E-state index is 0.410. The smallest absolute Gasteiger partial charge is 0.208 e. The zero-order chi connectivity index (χ0) is 15.8. The van der Waals surface area contributed by atoms with Crippen molar-refractivity contribution in [1.29, 1.82) is 0 Å². The molecule has 0 atom stereocenters. The topological polar surface area (TPSA) is 56.0 Å². The normalized spacial score (nSPS) is 11.0. The minimum atomic E-state index is 0.410. The summed E-state index contributed by atoms with van der Waals surface area (Å²) in [6.07, 6.45) is 1.68. The highest BCUT2D eigenvalue weighted by molar-refractivity contribution is 6.36. The Kier molecular flexibility index (Phi) is 3.44. The number of rotatable bonds is 2. The first kappa shape index (κ1) is 14.1. The second kappa shape index (κ2) is 5.61. The molecule has 0 bridgehead atoms. The summed E-state index contributed by atoms with van der Waals surface area (Å²) in [5.74, 6) is 0.932. The molecule has 0 unspecified atom stereocenters. The SMILES string of the molecule is Clc1ccc(-c2nnc3nc(-c4ccccc4)cnn23)c(Cl)c1. The van der Waals surface area contributed by atoms with E-state index in [0.29, 0.717) is 27.2 Å². The van der Waals surface area contributed by atoms with Gasteiger partial charge in [-0.15, -0.1) is 10.2 Å². The van der Waals surface area contributed by atoms with Gasteiger partial charge in [-0.2, -0.15) is 9.61 Å². The molecule has 112 valence electrons. The van der Waals surface area contributed by atoms with E-state index in [4.69, 9.17) is 23.2 Å². The number of halogens is 2. The molecular weight excluding hydrogens is 333 g/mol. The minimum Gasteiger partial charge on any atom is -0.208 e. The van der Waals surface area contributed by atoms with Crippen LogP contribution in [0.1, 0.15) is 0 Å². The molecule has 2 aromatic heterocycles. The molecule has 0 spiro atoms. The zero-order valence-electron chi connectivity index (χ0n) is 11.7. The number of fused-ring (bicyclic) bond motifs is 1. The lowest BCUT2D eigenvalue weighted by molar-refractivity contribution is 0.909. The van der Waals surface area contributed by atoms with Crippen molar-refractivity contribution in [3.05, 3.63) is 64.8 Å². The summed E-state index contributed by atoms with van der Waals surface area (Å²) in [5, 5.41) is 13.7. The van der Waals surface area contributed by atoms with Gasteiger partial charge in [-0.3, -0.25) is 0 Å². The maximum absolute atomic E-state index is 6.23. The third-order valence-electron chi connectivity index (χ3n) is 3.38. The molecule has 0 N–H and O–H groups in total. The first-order valence-electron chi connectivity index (χ1n) is 6.82. The van der Waals surface area contributed by atoms with Crippen LogP contribution < -0.4 is 0 Å². The van der Waals surface area contributed by atoms with Crippen molar-refractivity contribution in [3.63, 3.8) is 0 Å². The standard InChI is InChI=1S/C16H9Cl2N5/c17-11-6-7-12(13(18)8-11)15-21-22-16-20-14(9-19-23(15)16)10-4-2-1-3-5-10/h1-9H. The van der Waals surface area contributed by atoms with E-state index in [1.807, 2.05) is 30.3 Å². The van der Waals surface area contributed by atoms with Crippen LogP contribution in [0.2, 0.25) is 10.0 Å². The number of benzene rings is 2. The molecule has 4 rings (SSSR count). The summed E-state index contributed by atoms with van der Waals surface area (Å²) in [5.41, 5.74) is 2.40. The monoisotopic (exact) mass is 341 g/mol. The van der Waals surface area contributed by atoms with E-state index >= 15 is 0 Å². The van der Waals surface area contributed by atoms with Gasteiger partial charge in [0.25, 0.3) is 5.78 Å².